The molecule has 0 unspecified atom stereocenters. The second kappa shape index (κ2) is 6.89. The number of tetrazole rings is 1. The van der Waals surface area contributed by atoms with Gasteiger partial charge in [0.1, 0.15) is 12.4 Å². The number of halogens is 1. The van der Waals surface area contributed by atoms with E-state index in [1.807, 2.05) is 6.92 Å². The molecule has 1 aromatic carbocycles. The SMILES string of the molecule is COC[C@@H](C)NC(=O)Cn1nnc(-c2ccc(F)cc2)n1. The van der Waals surface area contributed by atoms with E-state index in [1.54, 1.807) is 19.2 Å². The van der Waals surface area contributed by atoms with Crippen molar-refractivity contribution in [3.63, 3.8) is 0 Å². The van der Waals surface area contributed by atoms with Crippen LogP contribution in [-0.2, 0) is 16.1 Å². The molecule has 0 aliphatic heterocycles. The van der Waals surface area contributed by atoms with Crippen molar-refractivity contribution in [3.05, 3.63) is 30.1 Å². The minimum atomic E-state index is -0.336. The van der Waals surface area contributed by atoms with Crippen LogP contribution in [0.25, 0.3) is 11.4 Å². The third-order valence-electron chi connectivity index (χ3n) is 2.66. The molecule has 8 heteroatoms. The van der Waals surface area contributed by atoms with Gasteiger partial charge in [0, 0.05) is 18.7 Å². The number of carbonyl (C=O) groups is 1. The first-order chi connectivity index (χ1) is 10.1. The largest absolute Gasteiger partial charge is 0.383 e. The Morgan fingerprint density at radius 3 is 2.81 bits per heavy atom. The molecule has 0 radical (unpaired) electrons. The maximum atomic E-state index is 12.8. The third kappa shape index (κ3) is 4.32. The van der Waals surface area contributed by atoms with Crippen LogP contribution in [0.2, 0.25) is 0 Å². The van der Waals surface area contributed by atoms with Crippen molar-refractivity contribution >= 4 is 5.91 Å². The highest BCUT2D eigenvalue weighted by molar-refractivity contribution is 5.75. The molecular formula is C13H16FN5O2. The van der Waals surface area contributed by atoms with Crippen molar-refractivity contribution in [2.45, 2.75) is 19.5 Å². The third-order valence-corrected chi connectivity index (χ3v) is 2.66. The van der Waals surface area contributed by atoms with E-state index in [2.05, 4.69) is 20.7 Å². The van der Waals surface area contributed by atoms with Crippen LogP contribution in [0, 0.1) is 5.82 Å². The molecule has 1 N–H and O–H groups in total. The second-order valence-corrected chi connectivity index (χ2v) is 4.57. The van der Waals surface area contributed by atoms with Crippen LogP contribution in [0.3, 0.4) is 0 Å². The Bertz CT molecular complexity index is 599. The van der Waals surface area contributed by atoms with E-state index in [0.29, 0.717) is 18.0 Å². The van der Waals surface area contributed by atoms with Crippen molar-refractivity contribution in [1.29, 1.82) is 0 Å². The molecule has 0 spiro atoms. The van der Waals surface area contributed by atoms with Crippen LogP contribution >= 0.6 is 0 Å². The molecular weight excluding hydrogens is 277 g/mol. The zero-order valence-corrected chi connectivity index (χ0v) is 11.8. The Kier molecular flexibility index (Phi) is 4.94. The van der Waals surface area contributed by atoms with E-state index in [1.165, 1.54) is 16.9 Å². The van der Waals surface area contributed by atoms with E-state index >= 15 is 0 Å². The first-order valence-electron chi connectivity index (χ1n) is 6.40. The van der Waals surface area contributed by atoms with Crippen LogP contribution in [0.1, 0.15) is 6.92 Å². The van der Waals surface area contributed by atoms with Gasteiger partial charge < -0.3 is 10.1 Å². The molecule has 0 fully saturated rings. The molecule has 0 aliphatic rings. The maximum Gasteiger partial charge on any atom is 0.243 e. The van der Waals surface area contributed by atoms with E-state index in [9.17, 15) is 9.18 Å². The number of methoxy groups -OCH3 is 1. The predicted molar refractivity (Wildman–Crippen MR) is 72.7 cm³/mol. The van der Waals surface area contributed by atoms with Gasteiger partial charge in [-0.05, 0) is 36.4 Å². The average molecular weight is 293 g/mol. The van der Waals surface area contributed by atoms with Gasteiger partial charge in [-0.25, -0.2) is 4.39 Å². The molecule has 1 amide bonds. The Morgan fingerprint density at radius 2 is 2.14 bits per heavy atom. The summed E-state index contributed by atoms with van der Waals surface area (Å²) in [7, 11) is 1.57. The van der Waals surface area contributed by atoms with E-state index in [4.69, 9.17) is 4.74 Å². The molecule has 21 heavy (non-hydrogen) atoms. The van der Waals surface area contributed by atoms with Crippen molar-refractivity contribution in [1.82, 2.24) is 25.5 Å². The van der Waals surface area contributed by atoms with Crippen LogP contribution in [-0.4, -0.2) is 45.9 Å². The van der Waals surface area contributed by atoms with Gasteiger partial charge in [0.15, 0.2) is 0 Å². The lowest BCUT2D eigenvalue weighted by atomic mass is 10.2. The first-order valence-corrected chi connectivity index (χ1v) is 6.40. The molecule has 7 nitrogen and oxygen atoms in total. The van der Waals surface area contributed by atoms with Crippen molar-refractivity contribution < 1.29 is 13.9 Å². The van der Waals surface area contributed by atoms with E-state index < -0.39 is 0 Å². The van der Waals surface area contributed by atoms with Gasteiger partial charge >= 0.3 is 0 Å². The summed E-state index contributed by atoms with van der Waals surface area (Å²) in [5.74, 6) is -0.229. The van der Waals surface area contributed by atoms with Gasteiger partial charge in [-0.3, -0.25) is 4.79 Å². The number of benzene rings is 1. The fraction of sp³-hybridized carbons (Fsp3) is 0.385. The van der Waals surface area contributed by atoms with Gasteiger partial charge in [0.25, 0.3) is 0 Å². The molecule has 2 aromatic rings. The lowest BCUT2D eigenvalue weighted by molar-refractivity contribution is -0.123. The summed E-state index contributed by atoms with van der Waals surface area (Å²) in [6, 6.07) is 5.64. The molecule has 1 heterocycles. The zero-order chi connectivity index (χ0) is 15.2. The zero-order valence-electron chi connectivity index (χ0n) is 11.8. The number of hydrogen-bond donors (Lipinski definition) is 1. The number of hydrogen-bond acceptors (Lipinski definition) is 5. The molecule has 0 aliphatic carbocycles. The monoisotopic (exact) mass is 293 g/mol. The maximum absolute atomic E-state index is 12.8. The number of nitrogens with zero attached hydrogens (tertiary/aromatic N) is 4. The molecule has 0 saturated carbocycles. The summed E-state index contributed by atoms with van der Waals surface area (Å²) in [5, 5.41) is 14.5. The van der Waals surface area contributed by atoms with Gasteiger partial charge in [-0.1, -0.05) is 0 Å². The van der Waals surface area contributed by atoms with Gasteiger partial charge in [-0.15, -0.1) is 10.2 Å². The van der Waals surface area contributed by atoms with Crippen LogP contribution in [0.5, 0.6) is 0 Å². The number of rotatable bonds is 6. The predicted octanol–water partition coefficient (Wildman–Crippen LogP) is 0.630. The Morgan fingerprint density at radius 1 is 1.43 bits per heavy atom. The first kappa shape index (κ1) is 15.0. The minimum Gasteiger partial charge on any atom is -0.383 e. The summed E-state index contributed by atoms with van der Waals surface area (Å²) in [4.78, 5) is 12.9. The standard InChI is InChI=1S/C13H16FN5O2/c1-9(8-21-2)15-12(20)7-19-17-13(16-18-19)10-3-5-11(14)6-4-10/h3-6,9H,7-8H2,1-2H3,(H,15,20)/t9-/m1/s1. The number of aromatic nitrogens is 4. The minimum absolute atomic E-state index is 0.0394. The van der Waals surface area contributed by atoms with Gasteiger partial charge in [-0.2, -0.15) is 4.80 Å². The summed E-state index contributed by atoms with van der Waals surface area (Å²) < 4.78 is 17.8. The molecule has 2 rings (SSSR count). The summed E-state index contributed by atoms with van der Waals surface area (Å²) in [6.07, 6.45) is 0. The quantitative estimate of drug-likeness (QED) is 0.844. The van der Waals surface area contributed by atoms with Crippen molar-refractivity contribution in [2.75, 3.05) is 13.7 Å². The molecule has 1 aromatic heterocycles. The van der Waals surface area contributed by atoms with Crippen LogP contribution in [0.4, 0.5) is 4.39 Å². The van der Waals surface area contributed by atoms with E-state index in [-0.39, 0.29) is 24.3 Å². The van der Waals surface area contributed by atoms with Crippen molar-refractivity contribution in [2.24, 2.45) is 0 Å². The highest BCUT2D eigenvalue weighted by atomic mass is 19.1. The normalized spacial score (nSPS) is 12.1. The fourth-order valence-corrected chi connectivity index (χ4v) is 1.77. The molecule has 1 atom stereocenters. The summed E-state index contributed by atoms with van der Waals surface area (Å²) in [6.45, 7) is 2.22. The van der Waals surface area contributed by atoms with Crippen molar-refractivity contribution in [3.8, 4) is 11.4 Å². The lowest BCUT2D eigenvalue weighted by Gasteiger charge is -2.11. The molecule has 0 bridgehead atoms. The summed E-state index contributed by atoms with van der Waals surface area (Å²) in [5.41, 5.74) is 0.635. The lowest BCUT2D eigenvalue weighted by Crippen LogP contribution is -2.38. The van der Waals surface area contributed by atoms with E-state index in [0.717, 1.165) is 0 Å². The Balaban J connectivity index is 1.97. The molecule has 112 valence electrons. The number of amides is 1. The van der Waals surface area contributed by atoms with Crippen LogP contribution in [0.15, 0.2) is 24.3 Å². The number of carbonyl (C=O) groups excluding carboxylic acids is 1. The highest BCUT2D eigenvalue weighted by Gasteiger charge is 2.11. The fourth-order valence-electron chi connectivity index (χ4n) is 1.77. The second-order valence-electron chi connectivity index (χ2n) is 4.57. The Hall–Kier alpha value is -2.35. The van der Waals surface area contributed by atoms with Crippen LogP contribution < -0.4 is 5.32 Å². The van der Waals surface area contributed by atoms with Gasteiger partial charge in [0.2, 0.25) is 11.7 Å². The average Bonchev–Trinajstić information content (AvgIpc) is 2.88. The number of nitrogens with one attached hydrogen (secondary N) is 1. The summed E-state index contributed by atoms with van der Waals surface area (Å²) >= 11 is 0. The molecule has 0 saturated heterocycles. The highest BCUT2D eigenvalue weighted by Crippen LogP contribution is 2.13. The Labute approximate surface area is 121 Å². The number of ether oxygens (including phenoxy) is 1. The van der Waals surface area contributed by atoms with Gasteiger partial charge in [0.05, 0.1) is 6.61 Å². The smallest absolute Gasteiger partial charge is 0.243 e. The topological polar surface area (TPSA) is 81.9 Å².